The van der Waals surface area contributed by atoms with Gasteiger partial charge in [-0.2, -0.15) is 0 Å². The van der Waals surface area contributed by atoms with Crippen molar-refractivity contribution in [2.75, 3.05) is 5.88 Å². The molecule has 2 aromatic carbocycles. The molecule has 0 amide bonds. The predicted molar refractivity (Wildman–Crippen MR) is 92.1 cm³/mol. The van der Waals surface area contributed by atoms with Crippen molar-refractivity contribution in [2.45, 2.75) is 19.9 Å². The number of imidazole rings is 1. The lowest BCUT2D eigenvalue weighted by Gasteiger charge is -2.09. The Kier molecular flexibility index (Phi) is 4.32. The van der Waals surface area contributed by atoms with Crippen LogP contribution in [0.1, 0.15) is 17.0 Å². The first kappa shape index (κ1) is 14.6. The van der Waals surface area contributed by atoms with Crippen LogP contribution in [-0.2, 0) is 13.0 Å². The molecule has 108 valence electrons. The number of nitrogens with zero attached hydrogens (tertiary/aromatic N) is 2. The van der Waals surface area contributed by atoms with Crippen molar-refractivity contribution in [3.8, 4) is 0 Å². The highest BCUT2D eigenvalue weighted by molar-refractivity contribution is 9.10. The molecule has 21 heavy (non-hydrogen) atoms. The van der Waals surface area contributed by atoms with Gasteiger partial charge in [0.15, 0.2) is 0 Å². The molecule has 0 bridgehead atoms. The Labute approximate surface area is 137 Å². The highest BCUT2D eigenvalue weighted by atomic mass is 79.9. The van der Waals surface area contributed by atoms with Gasteiger partial charge in [0.2, 0.25) is 0 Å². The standard InChI is InChI=1S/C17H16BrClN2/c1-12-5-6-15-16(9-12)21(17(20-15)7-8-19)11-13-3-2-4-14(18)10-13/h2-6,9-10H,7-8,11H2,1H3. The molecule has 4 heteroatoms. The van der Waals surface area contributed by atoms with E-state index in [1.54, 1.807) is 0 Å². The number of aryl methyl sites for hydroxylation is 2. The van der Waals surface area contributed by atoms with Gasteiger partial charge >= 0.3 is 0 Å². The molecular formula is C17H16BrClN2. The molecule has 1 heterocycles. The minimum Gasteiger partial charge on any atom is -0.323 e. The molecule has 0 aliphatic rings. The van der Waals surface area contributed by atoms with Gasteiger partial charge in [-0.1, -0.05) is 34.1 Å². The van der Waals surface area contributed by atoms with E-state index in [1.807, 2.05) is 6.07 Å². The van der Waals surface area contributed by atoms with Crippen molar-refractivity contribution in [2.24, 2.45) is 0 Å². The molecule has 3 rings (SSSR count). The number of alkyl halides is 1. The van der Waals surface area contributed by atoms with Crippen molar-refractivity contribution in [3.63, 3.8) is 0 Å². The fraction of sp³-hybridized carbons (Fsp3) is 0.235. The van der Waals surface area contributed by atoms with Gasteiger partial charge in [0.05, 0.1) is 11.0 Å². The van der Waals surface area contributed by atoms with Crippen LogP contribution in [0.15, 0.2) is 46.9 Å². The number of benzene rings is 2. The molecule has 0 radical (unpaired) electrons. The van der Waals surface area contributed by atoms with Crippen molar-refractivity contribution < 1.29 is 0 Å². The lowest BCUT2D eigenvalue weighted by molar-refractivity contribution is 0.754. The quantitative estimate of drug-likeness (QED) is 0.601. The average Bonchev–Trinajstić information content (AvgIpc) is 2.77. The number of fused-ring (bicyclic) bond motifs is 1. The second-order valence-corrected chi connectivity index (χ2v) is 6.47. The zero-order valence-electron chi connectivity index (χ0n) is 11.8. The summed E-state index contributed by atoms with van der Waals surface area (Å²) in [5, 5.41) is 0. The van der Waals surface area contributed by atoms with E-state index < -0.39 is 0 Å². The Morgan fingerprint density at radius 1 is 1.19 bits per heavy atom. The average molecular weight is 364 g/mol. The summed E-state index contributed by atoms with van der Waals surface area (Å²) in [6, 6.07) is 14.8. The van der Waals surface area contributed by atoms with E-state index >= 15 is 0 Å². The molecule has 0 aliphatic heterocycles. The second kappa shape index (κ2) is 6.20. The van der Waals surface area contributed by atoms with E-state index in [9.17, 15) is 0 Å². The summed E-state index contributed by atoms with van der Waals surface area (Å²) in [6.45, 7) is 2.92. The van der Waals surface area contributed by atoms with E-state index in [4.69, 9.17) is 16.6 Å². The van der Waals surface area contributed by atoms with E-state index in [1.165, 1.54) is 16.6 Å². The van der Waals surface area contributed by atoms with Crippen LogP contribution in [0, 0.1) is 6.92 Å². The van der Waals surface area contributed by atoms with Crippen molar-refractivity contribution in [3.05, 3.63) is 63.9 Å². The van der Waals surface area contributed by atoms with Crippen LogP contribution in [-0.4, -0.2) is 15.4 Å². The van der Waals surface area contributed by atoms with Gasteiger partial charge in [-0.25, -0.2) is 4.98 Å². The molecule has 0 spiro atoms. The second-order valence-electron chi connectivity index (χ2n) is 5.18. The number of hydrogen-bond donors (Lipinski definition) is 0. The number of aromatic nitrogens is 2. The van der Waals surface area contributed by atoms with Crippen molar-refractivity contribution in [1.29, 1.82) is 0 Å². The minimum absolute atomic E-state index is 0.584. The van der Waals surface area contributed by atoms with Gasteiger partial charge in [0.1, 0.15) is 5.82 Å². The Balaban J connectivity index is 2.10. The zero-order valence-corrected chi connectivity index (χ0v) is 14.2. The first-order chi connectivity index (χ1) is 10.2. The Morgan fingerprint density at radius 3 is 2.81 bits per heavy atom. The summed E-state index contributed by atoms with van der Waals surface area (Å²) in [4.78, 5) is 4.73. The minimum atomic E-state index is 0.584. The maximum absolute atomic E-state index is 5.93. The zero-order chi connectivity index (χ0) is 14.8. The molecule has 0 unspecified atom stereocenters. The van der Waals surface area contributed by atoms with Crippen molar-refractivity contribution in [1.82, 2.24) is 9.55 Å². The summed E-state index contributed by atoms with van der Waals surface area (Å²) in [6.07, 6.45) is 0.781. The Bertz CT molecular complexity index is 780. The lowest BCUT2D eigenvalue weighted by Crippen LogP contribution is -2.06. The van der Waals surface area contributed by atoms with Crippen molar-refractivity contribution >= 4 is 38.6 Å². The van der Waals surface area contributed by atoms with Gasteiger partial charge in [-0.05, 0) is 42.3 Å². The molecule has 0 saturated heterocycles. The number of rotatable bonds is 4. The van der Waals surface area contributed by atoms with Crippen LogP contribution >= 0.6 is 27.5 Å². The Hall–Kier alpha value is -1.32. The van der Waals surface area contributed by atoms with Crippen LogP contribution in [0.3, 0.4) is 0 Å². The third-order valence-corrected chi connectivity index (χ3v) is 4.21. The van der Waals surface area contributed by atoms with Crippen LogP contribution in [0.4, 0.5) is 0 Å². The Morgan fingerprint density at radius 2 is 2.05 bits per heavy atom. The molecule has 0 fully saturated rings. The first-order valence-corrected chi connectivity index (χ1v) is 8.26. The monoisotopic (exact) mass is 362 g/mol. The highest BCUT2D eigenvalue weighted by Gasteiger charge is 2.11. The van der Waals surface area contributed by atoms with Crippen LogP contribution in [0.25, 0.3) is 11.0 Å². The van der Waals surface area contributed by atoms with Gasteiger partial charge in [-0.3, -0.25) is 0 Å². The number of halogens is 2. The van der Waals surface area contributed by atoms with E-state index in [0.29, 0.717) is 5.88 Å². The van der Waals surface area contributed by atoms with Crippen LogP contribution in [0.2, 0.25) is 0 Å². The maximum atomic E-state index is 5.93. The normalized spacial score (nSPS) is 11.2. The highest BCUT2D eigenvalue weighted by Crippen LogP contribution is 2.21. The maximum Gasteiger partial charge on any atom is 0.111 e. The molecule has 0 N–H and O–H groups in total. The number of hydrogen-bond acceptors (Lipinski definition) is 1. The molecule has 0 atom stereocenters. The molecule has 0 aliphatic carbocycles. The lowest BCUT2D eigenvalue weighted by atomic mass is 10.2. The SMILES string of the molecule is Cc1ccc2nc(CCCl)n(Cc3cccc(Br)c3)c2c1. The third-order valence-electron chi connectivity index (χ3n) is 3.53. The van der Waals surface area contributed by atoms with E-state index in [2.05, 4.69) is 63.8 Å². The largest absolute Gasteiger partial charge is 0.323 e. The van der Waals surface area contributed by atoms with Gasteiger partial charge in [0.25, 0.3) is 0 Å². The summed E-state index contributed by atoms with van der Waals surface area (Å²) >= 11 is 9.47. The van der Waals surface area contributed by atoms with Gasteiger partial charge in [0, 0.05) is 23.3 Å². The first-order valence-electron chi connectivity index (χ1n) is 6.93. The fourth-order valence-electron chi connectivity index (χ4n) is 2.55. The molecule has 3 aromatic rings. The topological polar surface area (TPSA) is 17.8 Å². The molecule has 1 aromatic heterocycles. The van der Waals surface area contributed by atoms with Gasteiger partial charge < -0.3 is 4.57 Å². The summed E-state index contributed by atoms with van der Waals surface area (Å²) in [5.74, 6) is 1.63. The molecule has 0 saturated carbocycles. The summed E-state index contributed by atoms with van der Waals surface area (Å²) in [5.41, 5.74) is 4.71. The molecule has 2 nitrogen and oxygen atoms in total. The van der Waals surface area contributed by atoms with Crippen LogP contribution < -0.4 is 0 Å². The third kappa shape index (κ3) is 3.14. The summed E-state index contributed by atoms with van der Waals surface area (Å²) < 4.78 is 3.37. The predicted octanol–water partition coefficient (Wildman–Crippen LogP) is 4.94. The smallest absolute Gasteiger partial charge is 0.111 e. The van der Waals surface area contributed by atoms with E-state index in [0.717, 1.165) is 28.8 Å². The van der Waals surface area contributed by atoms with E-state index in [-0.39, 0.29) is 0 Å². The molecular weight excluding hydrogens is 348 g/mol. The van der Waals surface area contributed by atoms with Gasteiger partial charge in [-0.15, -0.1) is 11.6 Å². The van der Waals surface area contributed by atoms with Crippen LogP contribution in [0.5, 0.6) is 0 Å². The summed E-state index contributed by atoms with van der Waals surface area (Å²) in [7, 11) is 0. The fourth-order valence-corrected chi connectivity index (χ4v) is 3.17.